The first-order valence-electron chi connectivity index (χ1n) is 5.43. The van der Waals surface area contributed by atoms with Crippen molar-refractivity contribution >= 4 is 29.1 Å². The van der Waals surface area contributed by atoms with E-state index in [4.69, 9.17) is 0 Å². The molecule has 1 heterocycles. The summed E-state index contributed by atoms with van der Waals surface area (Å²) in [4.78, 5) is 15.8. The van der Waals surface area contributed by atoms with Gasteiger partial charge in [-0.15, -0.1) is 11.3 Å². The summed E-state index contributed by atoms with van der Waals surface area (Å²) < 4.78 is 0.0573. The number of nitrogens with one attached hydrogen (secondary N) is 2. The molecule has 6 heteroatoms. The van der Waals surface area contributed by atoms with Crippen LogP contribution in [0.1, 0.15) is 31.8 Å². The molecule has 2 amide bonds. The van der Waals surface area contributed by atoms with Crippen LogP contribution < -0.4 is 10.6 Å². The molecule has 1 aromatic heterocycles. The summed E-state index contributed by atoms with van der Waals surface area (Å²) in [5.74, 6) is 0. The molecule has 0 radical (unpaired) electrons. The van der Waals surface area contributed by atoms with Gasteiger partial charge in [0.2, 0.25) is 0 Å². The van der Waals surface area contributed by atoms with E-state index in [9.17, 15) is 4.79 Å². The van der Waals surface area contributed by atoms with Crippen LogP contribution in [0.4, 0.5) is 4.79 Å². The molecule has 0 aliphatic carbocycles. The Morgan fingerprint density at radius 2 is 2.35 bits per heavy atom. The van der Waals surface area contributed by atoms with Gasteiger partial charge in [-0.05, 0) is 27.0 Å². The zero-order valence-electron chi connectivity index (χ0n) is 10.6. The normalized spacial score (nSPS) is 13.2. The summed E-state index contributed by atoms with van der Waals surface area (Å²) in [7, 11) is 0. The average Bonchev–Trinajstić information content (AvgIpc) is 2.80. The lowest BCUT2D eigenvalue weighted by Gasteiger charge is -2.23. The zero-order chi connectivity index (χ0) is 12.9. The second kappa shape index (κ2) is 6.26. The number of thioether (sulfide) groups is 1. The van der Waals surface area contributed by atoms with Gasteiger partial charge in [-0.3, -0.25) is 0 Å². The number of nitrogens with zero attached hydrogens (tertiary/aromatic N) is 1. The van der Waals surface area contributed by atoms with E-state index in [1.807, 2.05) is 18.6 Å². The minimum Gasteiger partial charge on any atom is -0.337 e. The third kappa shape index (κ3) is 4.95. The van der Waals surface area contributed by atoms with Crippen LogP contribution in [0, 0.1) is 0 Å². The molecule has 0 spiro atoms. The van der Waals surface area contributed by atoms with Crippen LogP contribution in [0.2, 0.25) is 0 Å². The molecule has 4 nitrogen and oxygen atoms in total. The summed E-state index contributed by atoms with van der Waals surface area (Å²) in [5, 5.41) is 8.57. The summed E-state index contributed by atoms with van der Waals surface area (Å²) >= 11 is 3.28. The van der Waals surface area contributed by atoms with Crippen LogP contribution >= 0.6 is 23.1 Å². The van der Waals surface area contributed by atoms with Gasteiger partial charge in [0.05, 0.1) is 6.04 Å². The molecule has 0 aliphatic heterocycles. The number of urea groups is 1. The van der Waals surface area contributed by atoms with Crippen molar-refractivity contribution in [2.75, 3.05) is 12.8 Å². The van der Waals surface area contributed by atoms with Crippen molar-refractivity contribution in [3.05, 3.63) is 16.6 Å². The van der Waals surface area contributed by atoms with Crippen molar-refractivity contribution in [3.63, 3.8) is 0 Å². The van der Waals surface area contributed by atoms with E-state index in [1.54, 1.807) is 29.3 Å². The Bertz CT molecular complexity index is 352. The fourth-order valence-electron chi connectivity index (χ4n) is 1.12. The smallest absolute Gasteiger partial charge is 0.315 e. The molecule has 0 aromatic carbocycles. The third-order valence-corrected chi connectivity index (χ3v) is 4.60. The number of hydrogen-bond donors (Lipinski definition) is 2. The zero-order valence-corrected chi connectivity index (χ0v) is 12.2. The van der Waals surface area contributed by atoms with Crippen molar-refractivity contribution in [2.24, 2.45) is 0 Å². The highest BCUT2D eigenvalue weighted by Gasteiger charge is 2.18. The number of thiazole rings is 1. The molecule has 0 aliphatic rings. The Hall–Kier alpha value is -0.750. The Morgan fingerprint density at radius 1 is 1.65 bits per heavy atom. The highest BCUT2D eigenvalue weighted by atomic mass is 32.2. The molecule has 0 fully saturated rings. The lowest BCUT2D eigenvalue weighted by atomic mass is 10.2. The van der Waals surface area contributed by atoms with E-state index in [-0.39, 0.29) is 16.8 Å². The second-order valence-electron chi connectivity index (χ2n) is 4.38. The largest absolute Gasteiger partial charge is 0.337 e. The Labute approximate surface area is 111 Å². The first-order valence-corrected chi connectivity index (χ1v) is 7.54. The van der Waals surface area contributed by atoms with Crippen molar-refractivity contribution in [1.29, 1.82) is 0 Å². The highest BCUT2D eigenvalue weighted by Crippen LogP contribution is 2.19. The van der Waals surface area contributed by atoms with Crippen molar-refractivity contribution < 1.29 is 4.79 Å². The van der Waals surface area contributed by atoms with Gasteiger partial charge < -0.3 is 10.6 Å². The predicted molar refractivity (Wildman–Crippen MR) is 74.7 cm³/mol. The van der Waals surface area contributed by atoms with E-state index < -0.39 is 0 Å². The average molecular weight is 273 g/mol. The second-order valence-corrected chi connectivity index (χ2v) is 6.82. The number of carbonyl (C=O) groups excluding carboxylic acids is 1. The molecule has 1 unspecified atom stereocenters. The molecular formula is C11H19N3OS2. The molecule has 17 heavy (non-hydrogen) atoms. The van der Waals surface area contributed by atoms with Gasteiger partial charge in [-0.25, -0.2) is 9.78 Å². The molecule has 0 saturated heterocycles. The van der Waals surface area contributed by atoms with E-state index in [0.717, 1.165) is 5.01 Å². The van der Waals surface area contributed by atoms with Gasteiger partial charge in [0.25, 0.3) is 0 Å². The van der Waals surface area contributed by atoms with Crippen LogP contribution in [0.15, 0.2) is 11.6 Å². The maximum absolute atomic E-state index is 11.7. The first-order chi connectivity index (χ1) is 7.94. The van der Waals surface area contributed by atoms with Gasteiger partial charge in [0.15, 0.2) is 0 Å². The molecule has 96 valence electrons. The number of hydrogen-bond acceptors (Lipinski definition) is 4. The number of aromatic nitrogens is 1. The van der Waals surface area contributed by atoms with Gasteiger partial charge in [0, 0.05) is 22.9 Å². The van der Waals surface area contributed by atoms with E-state index >= 15 is 0 Å². The number of carbonyl (C=O) groups is 1. The fraction of sp³-hybridized carbons (Fsp3) is 0.636. The van der Waals surface area contributed by atoms with E-state index in [1.165, 1.54) is 0 Å². The maximum atomic E-state index is 11.7. The van der Waals surface area contributed by atoms with Gasteiger partial charge in [-0.2, -0.15) is 11.8 Å². The Balaban J connectivity index is 2.35. The van der Waals surface area contributed by atoms with Gasteiger partial charge in [-0.1, -0.05) is 0 Å². The minimum atomic E-state index is -0.144. The molecule has 2 N–H and O–H groups in total. The lowest BCUT2D eigenvalue weighted by molar-refractivity contribution is 0.237. The SMILES string of the molecule is CSC(C)(C)CNC(=O)NC(C)c1nccs1. The van der Waals surface area contributed by atoms with Gasteiger partial charge >= 0.3 is 6.03 Å². The molecule has 0 bridgehead atoms. The Morgan fingerprint density at radius 3 is 2.88 bits per heavy atom. The van der Waals surface area contributed by atoms with Crippen LogP contribution in [-0.2, 0) is 0 Å². The van der Waals surface area contributed by atoms with E-state index in [2.05, 4.69) is 29.5 Å². The number of rotatable bonds is 5. The quantitative estimate of drug-likeness (QED) is 0.867. The Kier molecular flexibility index (Phi) is 5.27. The summed E-state index contributed by atoms with van der Waals surface area (Å²) in [6.45, 7) is 6.77. The topological polar surface area (TPSA) is 54.0 Å². The summed E-state index contributed by atoms with van der Waals surface area (Å²) in [6, 6.07) is -0.192. The maximum Gasteiger partial charge on any atom is 0.315 e. The monoisotopic (exact) mass is 273 g/mol. The van der Waals surface area contributed by atoms with Crippen molar-refractivity contribution in [2.45, 2.75) is 31.6 Å². The lowest BCUT2D eigenvalue weighted by Crippen LogP contribution is -2.42. The molecular weight excluding hydrogens is 254 g/mol. The van der Waals surface area contributed by atoms with Crippen LogP contribution in [-0.4, -0.2) is 28.6 Å². The van der Waals surface area contributed by atoms with Crippen molar-refractivity contribution in [1.82, 2.24) is 15.6 Å². The third-order valence-electron chi connectivity index (χ3n) is 2.40. The van der Waals surface area contributed by atoms with Crippen molar-refractivity contribution in [3.8, 4) is 0 Å². The standard InChI is InChI=1S/C11H19N3OS2/c1-8(9-12-5-6-17-9)14-10(15)13-7-11(2,3)16-4/h5-6,8H,7H2,1-4H3,(H2,13,14,15). The summed E-state index contributed by atoms with van der Waals surface area (Å²) in [5.41, 5.74) is 0. The van der Waals surface area contributed by atoms with Crippen LogP contribution in [0.3, 0.4) is 0 Å². The molecule has 1 rings (SSSR count). The minimum absolute atomic E-state index is 0.0487. The van der Waals surface area contributed by atoms with Crippen LogP contribution in [0.25, 0.3) is 0 Å². The fourth-order valence-corrected chi connectivity index (χ4v) is 1.99. The first kappa shape index (κ1) is 14.3. The van der Waals surface area contributed by atoms with Gasteiger partial charge in [0.1, 0.15) is 5.01 Å². The predicted octanol–water partition coefficient (Wildman–Crippen LogP) is 2.64. The molecule has 0 saturated carbocycles. The molecule has 1 atom stereocenters. The van der Waals surface area contributed by atoms with E-state index in [0.29, 0.717) is 6.54 Å². The van der Waals surface area contributed by atoms with Crippen LogP contribution in [0.5, 0.6) is 0 Å². The highest BCUT2D eigenvalue weighted by molar-refractivity contribution is 7.99. The summed E-state index contributed by atoms with van der Waals surface area (Å²) in [6.07, 6.45) is 3.78. The molecule has 1 aromatic rings. The number of amides is 2.